The first kappa shape index (κ1) is 11.6. The van der Waals surface area contributed by atoms with Gasteiger partial charge in [0.25, 0.3) is 0 Å². The average Bonchev–Trinajstić information content (AvgIpc) is 2.60. The number of hydrogen-bond acceptors (Lipinski definition) is 5. The number of carboxylic acid groups (broad SMARTS) is 1. The summed E-state index contributed by atoms with van der Waals surface area (Å²) in [5.74, 6) is 0.153. The van der Waals surface area contributed by atoms with Crippen molar-refractivity contribution in [3.8, 4) is 0 Å². The smallest absolute Gasteiger partial charge is 0.303 e. The number of nitrogens with zero attached hydrogens (tertiary/aromatic N) is 3. The molecule has 1 fully saturated rings. The Bertz CT molecular complexity index is 437. The molecular weight excluding hydrogens is 226 g/mol. The fraction of sp³-hybridized carbons (Fsp3) is 0.600. The Morgan fingerprint density at radius 2 is 2.24 bits per heavy atom. The third-order valence-corrected chi connectivity index (χ3v) is 2.73. The Hall–Kier alpha value is -1.92. The summed E-state index contributed by atoms with van der Waals surface area (Å²) in [5.41, 5.74) is 0. The quantitative estimate of drug-likeness (QED) is 0.796. The highest BCUT2D eigenvalue weighted by atomic mass is 16.5. The molecule has 1 aliphatic heterocycles. The molecule has 2 heterocycles. The van der Waals surface area contributed by atoms with Gasteiger partial charge in [0.2, 0.25) is 11.8 Å². The van der Waals surface area contributed by atoms with Crippen molar-refractivity contribution in [3.63, 3.8) is 0 Å². The van der Waals surface area contributed by atoms with E-state index in [1.165, 1.54) is 6.92 Å². The van der Waals surface area contributed by atoms with Gasteiger partial charge in [0.05, 0.1) is 12.3 Å². The van der Waals surface area contributed by atoms with Crippen molar-refractivity contribution in [1.82, 2.24) is 15.0 Å². The number of aromatic nitrogens is 2. The topological polar surface area (TPSA) is 96.5 Å². The largest absolute Gasteiger partial charge is 0.481 e. The molecule has 0 bridgehead atoms. The van der Waals surface area contributed by atoms with Gasteiger partial charge in [-0.1, -0.05) is 5.16 Å². The second-order valence-corrected chi connectivity index (χ2v) is 4.06. The molecule has 0 aromatic carbocycles. The Balaban J connectivity index is 1.87. The van der Waals surface area contributed by atoms with Gasteiger partial charge in [-0.3, -0.25) is 9.59 Å². The van der Waals surface area contributed by atoms with Gasteiger partial charge in [-0.15, -0.1) is 0 Å². The number of aryl methyl sites for hydroxylation is 1. The van der Waals surface area contributed by atoms with E-state index in [0.717, 1.165) is 0 Å². The van der Waals surface area contributed by atoms with E-state index in [4.69, 9.17) is 9.63 Å². The maximum absolute atomic E-state index is 11.0. The number of carbonyl (C=O) groups is 2. The molecule has 7 nitrogen and oxygen atoms in total. The van der Waals surface area contributed by atoms with Crippen LogP contribution >= 0.6 is 0 Å². The first-order valence-corrected chi connectivity index (χ1v) is 5.36. The summed E-state index contributed by atoms with van der Waals surface area (Å²) in [4.78, 5) is 27.2. The van der Waals surface area contributed by atoms with Crippen molar-refractivity contribution in [3.05, 3.63) is 11.7 Å². The molecule has 92 valence electrons. The summed E-state index contributed by atoms with van der Waals surface area (Å²) in [7, 11) is 0. The molecule has 0 aliphatic carbocycles. The first-order chi connectivity index (χ1) is 8.06. The average molecular weight is 239 g/mol. The molecule has 1 aromatic heterocycles. The third-order valence-electron chi connectivity index (χ3n) is 2.73. The van der Waals surface area contributed by atoms with Gasteiger partial charge in [-0.2, -0.15) is 4.98 Å². The fourth-order valence-corrected chi connectivity index (χ4v) is 1.65. The second-order valence-electron chi connectivity index (χ2n) is 4.06. The van der Waals surface area contributed by atoms with Crippen LogP contribution < -0.4 is 0 Å². The summed E-state index contributed by atoms with van der Waals surface area (Å²) in [5, 5.41) is 12.3. The molecule has 0 unspecified atom stereocenters. The van der Waals surface area contributed by atoms with Crippen LogP contribution in [0.4, 0.5) is 0 Å². The number of carbonyl (C=O) groups excluding carboxylic acids is 1. The predicted molar refractivity (Wildman–Crippen MR) is 55.2 cm³/mol. The van der Waals surface area contributed by atoms with Crippen LogP contribution in [0.5, 0.6) is 0 Å². The summed E-state index contributed by atoms with van der Waals surface area (Å²) in [6.45, 7) is 2.73. The van der Waals surface area contributed by atoms with Crippen molar-refractivity contribution < 1.29 is 19.2 Å². The molecule has 0 atom stereocenters. The normalized spacial score (nSPS) is 15.7. The Labute approximate surface area is 97.4 Å². The molecule has 0 radical (unpaired) electrons. The van der Waals surface area contributed by atoms with Crippen LogP contribution in [0.15, 0.2) is 4.52 Å². The van der Waals surface area contributed by atoms with Crippen molar-refractivity contribution in [2.75, 3.05) is 13.1 Å². The summed E-state index contributed by atoms with van der Waals surface area (Å²) in [6.07, 6.45) is 0.220. The minimum Gasteiger partial charge on any atom is -0.481 e. The third kappa shape index (κ3) is 2.61. The van der Waals surface area contributed by atoms with E-state index in [1.54, 1.807) is 4.90 Å². The Morgan fingerprint density at radius 1 is 1.53 bits per heavy atom. The van der Waals surface area contributed by atoms with Crippen LogP contribution in [0, 0.1) is 0 Å². The second kappa shape index (κ2) is 4.52. The number of likely N-dealkylation sites (tertiary alicyclic amines) is 1. The first-order valence-electron chi connectivity index (χ1n) is 5.36. The lowest BCUT2D eigenvalue weighted by molar-refractivity contribution is -0.137. The molecule has 1 saturated heterocycles. The molecule has 17 heavy (non-hydrogen) atoms. The van der Waals surface area contributed by atoms with E-state index >= 15 is 0 Å². The summed E-state index contributed by atoms with van der Waals surface area (Å²) < 4.78 is 4.94. The summed E-state index contributed by atoms with van der Waals surface area (Å²) in [6, 6.07) is 0. The van der Waals surface area contributed by atoms with Gasteiger partial charge in [0.1, 0.15) is 0 Å². The molecule has 0 saturated carbocycles. The Kier molecular flexibility index (Phi) is 3.08. The van der Waals surface area contributed by atoms with E-state index in [9.17, 15) is 9.59 Å². The van der Waals surface area contributed by atoms with Gasteiger partial charge in [0, 0.05) is 26.4 Å². The number of aliphatic carboxylic acids is 1. The van der Waals surface area contributed by atoms with Crippen LogP contribution in [0.2, 0.25) is 0 Å². The Morgan fingerprint density at radius 3 is 2.82 bits per heavy atom. The molecule has 7 heteroatoms. The van der Waals surface area contributed by atoms with Crippen LogP contribution in [0.1, 0.15) is 31.0 Å². The van der Waals surface area contributed by atoms with Crippen molar-refractivity contribution in [2.24, 2.45) is 0 Å². The standard InChI is InChI=1S/C10H13N3O4/c1-6(14)13-4-7(5-13)10-11-8(17-12-10)2-3-9(15)16/h7H,2-5H2,1H3,(H,15,16). The lowest BCUT2D eigenvalue weighted by atomic mass is 10.00. The zero-order valence-electron chi connectivity index (χ0n) is 9.42. The lowest BCUT2D eigenvalue weighted by Gasteiger charge is -2.36. The van der Waals surface area contributed by atoms with Crippen molar-refractivity contribution in [2.45, 2.75) is 25.7 Å². The number of hydrogen-bond donors (Lipinski definition) is 1. The maximum atomic E-state index is 11.0. The van der Waals surface area contributed by atoms with Gasteiger partial charge in [-0.05, 0) is 0 Å². The van der Waals surface area contributed by atoms with E-state index in [2.05, 4.69) is 10.1 Å². The minimum absolute atomic E-state index is 0.0220. The lowest BCUT2D eigenvalue weighted by Crippen LogP contribution is -2.47. The maximum Gasteiger partial charge on any atom is 0.303 e. The van der Waals surface area contributed by atoms with Crippen LogP contribution in [-0.2, 0) is 16.0 Å². The number of amides is 1. The highest BCUT2D eigenvalue weighted by Gasteiger charge is 2.33. The molecule has 1 N–H and O–H groups in total. The zero-order chi connectivity index (χ0) is 12.4. The van der Waals surface area contributed by atoms with Gasteiger partial charge in [0.15, 0.2) is 5.82 Å². The van der Waals surface area contributed by atoms with Gasteiger partial charge >= 0.3 is 5.97 Å². The molecule has 1 aromatic rings. The molecule has 1 aliphatic rings. The van der Waals surface area contributed by atoms with Crippen LogP contribution in [-0.4, -0.2) is 45.1 Å². The van der Waals surface area contributed by atoms with Crippen LogP contribution in [0.25, 0.3) is 0 Å². The highest BCUT2D eigenvalue weighted by Crippen LogP contribution is 2.24. The van der Waals surface area contributed by atoms with Crippen molar-refractivity contribution in [1.29, 1.82) is 0 Å². The van der Waals surface area contributed by atoms with E-state index in [-0.39, 0.29) is 24.7 Å². The predicted octanol–water partition coefficient (Wildman–Crippen LogP) is 0.0325. The van der Waals surface area contributed by atoms with Crippen molar-refractivity contribution >= 4 is 11.9 Å². The number of carboxylic acids is 1. The van der Waals surface area contributed by atoms with Gasteiger partial charge < -0.3 is 14.5 Å². The monoisotopic (exact) mass is 239 g/mol. The van der Waals surface area contributed by atoms with E-state index < -0.39 is 5.97 Å². The molecular formula is C10H13N3O4. The summed E-state index contributed by atoms with van der Waals surface area (Å²) >= 11 is 0. The SMILES string of the molecule is CC(=O)N1CC(c2noc(CCC(=O)O)n2)C1. The fourth-order valence-electron chi connectivity index (χ4n) is 1.65. The zero-order valence-corrected chi connectivity index (χ0v) is 9.42. The molecule has 2 rings (SSSR count). The van der Waals surface area contributed by atoms with E-state index in [1.807, 2.05) is 0 Å². The number of rotatable bonds is 4. The van der Waals surface area contributed by atoms with Gasteiger partial charge in [-0.25, -0.2) is 0 Å². The molecule has 1 amide bonds. The highest BCUT2D eigenvalue weighted by molar-refractivity contribution is 5.74. The molecule has 0 spiro atoms. The van der Waals surface area contributed by atoms with E-state index in [0.29, 0.717) is 24.8 Å². The van der Waals surface area contributed by atoms with Crippen LogP contribution in [0.3, 0.4) is 0 Å². The minimum atomic E-state index is -0.892.